The van der Waals surface area contributed by atoms with Crippen LogP contribution in [-0.2, 0) is 14.8 Å². The fraction of sp³-hybridized carbons (Fsp3) is 0.300. The molecule has 27 heavy (non-hydrogen) atoms. The Kier molecular flexibility index (Phi) is 6.38. The second-order valence-electron chi connectivity index (χ2n) is 6.71. The summed E-state index contributed by atoms with van der Waals surface area (Å²) in [5.74, 6) is -0.508. The molecule has 0 atom stereocenters. The third kappa shape index (κ3) is 5.17. The predicted molar refractivity (Wildman–Crippen MR) is 109 cm³/mol. The molecule has 7 heteroatoms. The summed E-state index contributed by atoms with van der Waals surface area (Å²) in [6.45, 7) is 8.76. The second kappa shape index (κ2) is 8.35. The molecule has 0 heterocycles. The van der Waals surface area contributed by atoms with Gasteiger partial charge in [-0.25, -0.2) is 13.8 Å². The molecule has 0 bridgehead atoms. The van der Waals surface area contributed by atoms with Crippen LogP contribution in [0.3, 0.4) is 0 Å². The van der Waals surface area contributed by atoms with Gasteiger partial charge in [0.05, 0.1) is 10.6 Å². The standard InChI is InChI=1S/C20H25N3O3S/c1-14(2)21-22-20(24)13-23(19-11-8-16(4)12-17(19)5)27(25,26)18-9-6-15(3)7-10-18/h6-12H,13H2,1-5H3,(H,22,24). The van der Waals surface area contributed by atoms with E-state index in [0.29, 0.717) is 11.4 Å². The largest absolute Gasteiger partial charge is 0.271 e. The van der Waals surface area contributed by atoms with Crippen molar-refractivity contribution in [2.24, 2.45) is 5.10 Å². The van der Waals surface area contributed by atoms with Crippen molar-refractivity contribution in [1.29, 1.82) is 0 Å². The van der Waals surface area contributed by atoms with Crippen LogP contribution in [0.5, 0.6) is 0 Å². The van der Waals surface area contributed by atoms with E-state index in [0.717, 1.165) is 21.0 Å². The maximum Gasteiger partial charge on any atom is 0.264 e. The Morgan fingerprint density at radius 1 is 1.00 bits per heavy atom. The molecule has 0 radical (unpaired) electrons. The van der Waals surface area contributed by atoms with E-state index in [1.54, 1.807) is 44.2 Å². The Morgan fingerprint density at radius 3 is 2.15 bits per heavy atom. The van der Waals surface area contributed by atoms with Crippen LogP contribution in [-0.4, -0.2) is 26.6 Å². The molecule has 2 aromatic rings. The highest BCUT2D eigenvalue weighted by atomic mass is 32.2. The molecule has 144 valence electrons. The molecule has 0 aliphatic heterocycles. The van der Waals surface area contributed by atoms with Gasteiger partial charge in [-0.05, 0) is 58.4 Å². The number of anilines is 1. The van der Waals surface area contributed by atoms with Gasteiger partial charge >= 0.3 is 0 Å². The first-order valence-electron chi connectivity index (χ1n) is 8.57. The minimum atomic E-state index is -3.92. The lowest BCUT2D eigenvalue weighted by Gasteiger charge is -2.25. The van der Waals surface area contributed by atoms with Crippen molar-refractivity contribution in [2.75, 3.05) is 10.8 Å². The van der Waals surface area contributed by atoms with Gasteiger partial charge < -0.3 is 0 Å². The molecule has 0 spiro atoms. The van der Waals surface area contributed by atoms with Crippen LogP contribution >= 0.6 is 0 Å². The monoisotopic (exact) mass is 387 g/mol. The molecule has 2 aromatic carbocycles. The lowest BCUT2D eigenvalue weighted by molar-refractivity contribution is -0.119. The van der Waals surface area contributed by atoms with Crippen molar-refractivity contribution >= 4 is 27.3 Å². The topological polar surface area (TPSA) is 78.8 Å². The fourth-order valence-electron chi connectivity index (χ4n) is 2.56. The number of hydrazone groups is 1. The van der Waals surface area contributed by atoms with Crippen LogP contribution in [0, 0.1) is 20.8 Å². The maximum absolute atomic E-state index is 13.3. The van der Waals surface area contributed by atoms with E-state index < -0.39 is 15.9 Å². The molecule has 0 unspecified atom stereocenters. The average Bonchev–Trinajstić information content (AvgIpc) is 2.59. The molecule has 1 amide bonds. The van der Waals surface area contributed by atoms with Crippen molar-refractivity contribution in [3.8, 4) is 0 Å². The van der Waals surface area contributed by atoms with Gasteiger partial charge in [0.2, 0.25) is 0 Å². The van der Waals surface area contributed by atoms with Gasteiger partial charge in [-0.2, -0.15) is 5.10 Å². The first-order chi connectivity index (χ1) is 12.6. The Balaban J connectivity index is 2.50. The van der Waals surface area contributed by atoms with Crippen LogP contribution in [0.4, 0.5) is 5.69 Å². The van der Waals surface area contributed by atoms with Crippen molar-refractivity contribution < 1.29 is 13.2 Å². The molecule has 0 fully saturated rings. The zero-order valence-electron chi connectivity index (χ0n) is 16.3. The summed E-state index contributed by atoms with van der Waals surface area (Å²) < 4.78 is 27.7. The molecule has 0 saturated carbocycles. The number of amides is 1. The van der Waals surface area contributed by atoms with Gasteiger partial charge in [0.1, 0.15) is 6.54 Å². The number of carbonyl (C=O) groups excluding carboxylic acids is 1. The van der Waals surface area contributed by atoms with Crippen molar-refractivity contribution in [1.82, 2.24) is 5.43 Å². The zero-order chi connectivity index (χ0) is 20.2. The highest BCUT2D eigenvalue weighted by Gasteiger charge is 2.28. The first kappa shape index (κ1) is 20.6. The highest BCUT2D eigenvalue weighted by Crippen LogP contribution is 2.27. The minimum Gasteiger partial charge on any atom is -0.271 e. The number of nitrogens with zero attached hydrogens (tertiary/aromatic N) is 2. The summed E-state index contributed by atoms with van der Waals surface area (Å²) in [5, 5.41) is 3.87. The van der Waals surface area contributed by atoms with Crippen LogP contribution in [0.15, 0.2) is 52.5 Å². The lowest BCUT2D eigenvalue weighted by Crippen LogP contribution is -2.40. The molecular weight excluding hydrogens is 362 g/mol. The fourth-order valence-corrected chi connectivity index (χ4v) is 4.05. The molecule has 1 N–H and O–H groups in total. The van der Waals surface area contributed by atoms with E-state index in [-0.39, 0.29) is 11.4 Å². The number of aryl methyl sites for hydroxylation is 3. The summed E-state index contributed by atoms with van der Waals surface area (Å²) in [5.41, 5.74) is 6.27. The molecule has 0 aliphatic rings. The van der Waals surface area contributed by atoms with Crippen LogP contribution < -0.4 is 9.73 Å². The number of hydrogen-bond donors (Lipinski definition) is 1. The number of carbonyl (C=O) groups is 1. The van der Waals surface area contributed by atoms with E-state index in [9.17, 15) is 13.2 Å². The Morgan fingerprint density at radius 2 is 1.59 bits per heavy atom. The van der Waals surface area contributed by atoms with E-state index in [2.05, 4.69) is 10.5 Å². The maximum atomic E-state index is 13.3. The summed E-state index contributed by atoms with van der Waals surface area (Å²) in [6.07, 6.45) is 0. The molecule has 0 aromatic heterocycles. The first-order valence-corrected chi connectivity index (χ1v) is 10.0. The van der Waals surface area contributed by atoms with Crippen molar-refractivity contribution in [3.63, 3.8) is 0 Å². The minimum absolute atomic E-state index is 0.135. The molecule has 0 saturated heterocycles. The predicted octanol–water partition coefficient (Wildman–Crippen LogP) is 3.32. The molecular formula is C20H25N3O3S. The van der Waals surface area contributed by atoms with Gasteiger partial charge in [-0.15, -0.1) is 0 Å². The average molecular weight is 388 g/mol. The van der Waals surface area contributed by atoms with Crippen molar-refractivity contribution in [3.05, 3.63) is 59.2 Å². The Labute approximate surface area is 161 Å². The molecule has 6 nitrogen and oxygen atoms in total. The van der Waals surface area contributed by atoms with Gasteiger partial charge in [0.25, 0.3) is 15.9 Å². The Bertz CT molecular complexity index is 960. The molecule has 0 aliphatic carbocycles. The normalized spacial score (nSPS) is 11.0. The number of sulfonamides is 1. The zero-order valence-corrected chi connectivity index (χ0v) is 17.1. The SMILES string of the molecule is CC(C)=NNC(=O)CN(c1ccc(C)cc1C)S(=O)(=O)c1ccc(C)cc1. The van der Waals surface area contributed by atoms with E-state index >= 15 is 0 Å². The summed E-state index contributed by atoms with van der Waals surface area (Å²) in [6, 6.07) is 12.0. The third-order valence-electron chi connectivity index (χ3n) is 3.92. The third-order valence-corrected chi connectivity index (χ3v) is 5.70. The number of hydrogen-bond acceptors (Lipinski definition) is 4. The smallest absolute Gasteiger partial charge is 0.264 e. The van der Waals surface area contributed by atoms with Gasteiger partial charge in [0.15, 0.2) is 0 Å². The van der Waals surface area contributed by atoms with Gasteiger partial charge in [-0.1, -0.05) is 35.4 Å². The van der Waals surface area contributed by atoms with E-state index in [4.69, 9.17) is 0 Å². The van der Waals surface area contributed by atoms with Crippen molar-refractivity contribution in [2.45, 2.75) is 39.5 Å². The highest BCUT2D eigenvalue weighted by molar-refractivity contribution is 7.92. The van der Waals surface area contributed by atoms with Crippen LogP contribution in [0.1, 0.15) is 30.5 Å². The summed E-state index contributed by atoms with van der Waals surface area (Å²) in [4.78, 5) is 12.5. The van der Waals surface area contributed by atoms with Crippen LogP contribution in [0.2, 0.25) is 0 Å². The summed E-state index contributed by atoms with van der Waals surface area (Å²) >= 11 is 0. The number of nitrogens with one attached hydrogen (secondary N) is 1. The number of benzene rings is 2. The lowest BCUT2D eigenvalue weighted by atomic mass is 10.1. The van der Waals surface area contributed by atoms with Crippen LogP contribution in [0.25, 0.3) is 0 Å². The van der Waals surface area contributed by atoms with E-state index in [1.807, 2.05) is 32.9 Å². The molecule has 2 rings (SSSR count). The Hall–Kier alpha value is -2.67. The van der Waals surface area contributed by atoms with E-state index in [1.165, 1.54) is 0 Å². The summed E-state index contributed by atoms with van der Waals surface area (Å²) in [7, 11) is -3.92. The van der Waals surface area contributed by atoms with Gasteiger partial charge in [-0.3, -0.25) is 9.10 Å². The number of rotatable bonds is 6. The quantitative estimate of drug-likeness (QED) is 0.610. The van der Waals surface area contributed by atoms with Gasteiger partial charge in [0, 0.05) is 5.71 Å². The second-order valence-corrected chi connectivity index (χ2v) is 8.57.